The van der Waals surface area contributed by atoms with Crippen molar-refractivity contribution < 1.29 is 9.53 Å². The number of nitrogens with one attached hydrogen (secondary N) is 1. The maximum atomic E-state index is 12.1. The van der Waals surface area contributed by atoms with E-state index in [1.54, 1.807) is 0 Å². The van der Waals surface area contributed by atoms with Crippen molar-refractivity contribution in [3.8, 4) is 0 Å². The number of ether oxygens (including phenoxy) is 1. The minimum atomic E-state index is -0.432. The molecule has 1 aliphatic carbocycles. The van der Waals surface area contributed by atoms with E-state index >= 15 is 0 Å². The molecule has 1 aliphatic rings. The Labute approximate surface area is 117 Å². The Morgan fingerprint density at radius 2 is 2.05 bits per heavy atom. The van der Waals surface area contributed by atoms with E-state index in [1.165, 1.54) is 12.4 Å². The first kappa shape index (κ1) is 14.1. The molecule has 1 N–H and O–H groups in total. The molecule has 0 radical (unpaired) electrons. The molecule has 2 rings (SSSR count). The second-order valence-electron chi connectivity index (χ2n) is 4.79. The summed E-state index contributed by atoms with van der Waals surface area (Å²) >= 11 is 5.73. The Kier molecular flexibility index (Phi) is 4.58. The van der Waals surface area contributed by atoms with E-state index in [2.05, 4.69) is 15.3 Å². The van der Waals surface area contributed by atoms with Gasteiger partial charge in [0.05, 0.1) is 29.4 Å². The number of hydrogen-bond acceptors (Lipinski definition) is 5. The number of halogens is 1. The first-order valence-electron chi connectivity index (χ1n) is 6.55. The summed E-state index contributed by atoms with van der Waals surface area (Å²) in [7, 11) is 0. The van der Waals surface area contributed by atoms with Gasteiger partial charge in [0.2, 0.25) is 5.95 Å². The van der Waals surface area contributed by atoms with Gasteiger partial charge in [0.15, 0.2) is 0 Å². The minimum Gasteiger partial charge on any atom is -0.466 e. The number of carbonyl (C=O) groups is 1. The lowest BCUT2D eigenvalue weighted by Gasteiger charge is -2.26. The van der Waals surface area contributed by atoms with Crippen LogP contribution in [0, 0.1) is 5.41 Å². The Bertz CT molecular complexity index is 430. The minimum absolute atomic E-state index is 0.117. The molecule has 19 heavy (non-hydrogen) atoms. The fraction of sp³-hybridized carbons (Fsp3) is 0.615. The largest absolute Gasteiger partial charge is 0.466 e. The van der Waals surface area contributed by atoms with Crippen molar-refractivity contribution in [2.24, 2.45) is 5.41 Å². The third-order valence-corrected chi connectivity index (χ3v) is 3.67. The van der Waals surface area contributed by atoms with Crippen LogP contribution in [-0.4, -0.2) is 29.1 Å². The van der Waals surface area contributed by atoms with Gasteiger partial charge in [0, 0.05) is 6.54 Å². The zero-order valence-corrected chi connectivity index (χ0v) is 11.7. The lowest BCUT2D eigenvalue weighted by atomic mass is 9.86. The summed E-state index contributed by atoms with van der Waals surface area (Å²) in [6.07, 6.45) is 6.88. The second kappa shape index (κ2) is 6.19. The Hall–Kier alpha value is -1.36. The predicted molar refractivity (Wildman–Crippen MR) is 73.1 cm³/mol. The van der Waals surface area contributed by atoms with Gasteiger partial charge in [0.1, 0.15) is 0 Å². The Balaban J connectivity index is 2.01. The zero-order valence-electron chi connectivity index (χ0n) is 11.0. The molecule has 0 atom stereocenters. The Morgan fingerprint density at radius 3 is 2.63 bits per heavy atom. The van der Waals surface area contributed by atoms with E-state index in [-0.39, 0.29) is 5.97 Å². The summed E-state index contributed by atoms with van der Waals surface area (Å²) in [5.74, 6) is 0.369. The number of anilines is 1. The molecule has 1 fully saturated rings. The van der Waals surface area contributed by atoms with Gasteiger partial charge < -0.3 is 10.1 Å². The lowest BCUT2D eigenvalue weighted by Crippen LogP contribution is -2.37. The van der Waals surface area contributed by atoms with E-state index in [0.29, 0.717) is 24.1 Å². The summed E-state index contributed by atoms with van der Waals surface area (Å²) in [6, 6.07) is 0. The van der Waals surface area contributed by atoms with Gasteiger partial charge in [0.25, 0.3) is 0 Å². The number of rotatable bonds is 5. The molecule has 1 saturated carbocycles. The summed E-state index contributed by atoms with van der Waals surface area (Å²) in [6.45, 7) is 2.75. The second-order valence-corrected chi connectivity index (χ2v) is 5.22. The molecule has 5 nitrogen and oxygen atoms in total. The molecule has 0 spiro atoms. The molecular formula is C13H18ClN3O2. The van der Waals surface area contributed by atoms with Gasteiger partial charge in [-0.05, 0) is 19.8 Å². The van der Waals surface area contributed by atoms with Crippen LogP contribution in [0.5, 0.6) is 0 Å². The molecule has 104 valence electrons. The number of carbonyl (C=O) groups excluding carboxylic acids is 1. The normalized spacial score (nSPS) is 17.2. The molecule has 0 amide bonds. The molecule has 0 bridgehead atoms. The fourth-order valence-electron chi connectivity index (χ4n) is 2.44. The lowest BCUT2D eigenvalue weighted by molar-refractivity contribution is -0.154. The van der Waals surface area contributed by atoms with Crippen molar-refractivity contribution >= 4 is 23.5 Å². The van der Waals surface area contributed by atoms with Crippen LogP contribution in [0.3, 0.4) is 0 Å². The summed E-state index contributed by atoms with van der Waals surface area (Å²) < 4.78 is 5.20. The van der Waals surface area contributed by atoms with Gasteiger partial charge >= 0.3 is 5.97 Å². The number of aromatic nitrogens is 2. The third kappa shape index (κ3) is 3.35. The number of esters is 1. The van der Waals surface area contributed by atoms with E-state index in [9.17, 15) is 4.79 Å². The Morgan fingerprint density at radius 1 is 1.42 bits per heavy atom. The molecule has 0 saturated heterocycles. The van der Waals surface area contributed by atoms with Crippen molar-refractivity contribution in [2.45, 2.75) is 32.6 Å². The standard InChI is InChI=1S/C13H18ClN3O2/c1-2-19-11(18)13(5-3-4-6-13)9-17-12-15-7-10(14)8-16-12/h7-8H,2-6,9H2,1H3,(H,15,16,17). The van der Waals surface area contributed by atoms with Crippen LogP contribution in [0.15, 0.2) is 12.4 Å². The van der Waals surface area contributed by atoms with Crippen LogP contribution in [0.4, 0.5) is 5.95 Å². The van der Waals surface area contributed by atoms with Crippen LogP contribution >= 0.6 is 11.6 Å². The van der Waals surface area contributed by atoms with E-state index in [4.69, 9.17) is 16.3 Å². The maximum Gasteiger partial charge on any atom is 0.313 e. The van der Waals surface area contributed by atoms with Gasteiger partial charge in [-0.25, -0.2) is 9.97 Å². The van der Waals surface area contributed by atoms with Gasteiger partial charge in [-0.2, -0.15) is 0 Å². The first-order valence-corrected chi connectivity index (χ1v) is 6.93. The SMILES string of the molecule is CCOC(=O)C1(CNc2ncc(Cl)cn2)CCCC1. The first-order chi connectivity index (χ1) is 9.16. The molecule has 0 aromatic carbocycles. The van der Waals surface area contributed by atoms with Crippen molar-refractivity contribution in [1.82, 2.24) is 9.97 Å². The van der Waals surface area contributed by atoms with Crippen LogP contribution in [0.25, 0.3) is 0 Å². The molecule has 6 heteroatoms. The molecule has 1 aromatic heterocycles. The van der Waals surface area contributed by atoms with Gasteiger partial charge in [-0.3, -0.25) is 4.79 Å². The molecule has 1 heterocycles. The fourth-order valence-corrected chi connectivity index (χ4v) is 2.54. The monoisotopic (exact) mass is 283 g/mol. The van der Waals surface area contributed by atoms with Crippen molar-refractivity contribution in [2.75, 3.05) is 18.5 Å². The van der Waals surface area contributed by atoms with Crippen molar-refractivity contribution in [3.63, 3.8) is 0 Å². The van der Waals surface area contributed by atoms with Crippen LogP contribution in [0.2, 0.25) is 5.02 Å². The summed E-state index contributed by atoms with van der Waals surface area (Å²) in [5, 5.41) is 3.60. The molecule has 0 unspecified atom stereocenters. The van der Waals surface area contributed by atoms with Crippen molar-refractivity contribution in [3.05, 3.63) is 17.4 Å². The highest BCUT2D eigenvalue weighted by Crippen LogP contribution is 2.39. The molecule has 0 aliphatic heterocycles. The third-order valence-electron chi connectivity index (χ3n) is 3.47. The maximum absolute atomic E-state index is 12.1. The van der Waals surface area contributed by atoms with Gasteiger partial charge in [-0.15, -0.1) is 0 Å². The highest BCUT2D eigenvalue weighted by Gasteiger charge is 2.42. The van der Waals surface area contributed by atoms with E-state index in [0.717, 1.165) is 25.7 Å². The molecular weight excluding hydrogens is 266 g/mol. The van der Waals surface area contributed by atoms with Crippen LogP contribution in [-0.2, 0) is 9.53 Å². The average Bonchev–Trinajstić information content (AvgIpc) is 2.88. The predicted octanol–water partition coefficient (Wildman–Crippen LogP) is 2.67. The molecule has 1 aromatic rings. The number of nitrogens with zero attached hydrogens (tertiary/aromatic N) is 2. The summed E-state index contributed by atoms with van der Waals surface area (Å²) in [4.78, 5) is 20.3. The van der Waals surface area contributed by atoms with Gasteiger partial charge in [-0.1, -0.05) is 24.4 Å². The number of hydrogen-bond donors (Lipinski definition) is 1. The zero-order chi connectivity index (χ0) is 13.7. The van der Waals surface area contributed by atoms with Crippen LogP contribution in [0.1, 0.15) is 32.6 Å². The highest BCUT2D eigenvalue weighted by atomic mass is 35.5. The quantitative estimate of drug-likeness (QED) is 0.842. The van der Waals surface area contributed by atoms with E-state index in [1.807, 2.05) is 6.92 Å². The van der Waals surface area contributed by atoms with E-state index < -0.39 is 5.41 Å². The van der Waals surface area contributed by atoms with Crippen molar-refractivity contribution in [1.29, 1.82) is 0 Å². The average molecular weight is 284 g/mol. The topological polar surface area (TPSA) is 64.1 Å². The smallest absolute Gasteiger partial charge is 0.313 e. The highest BCUT2D eigenvalue weighted by molar-refractivity contribution is 6.30. The summed E-state index contributed by atoms with van der Waals surface area (Å²) in [5.41, 5.74) is -0.432. The van der Waals surface area contributed by atoms with Crippen LogP contribution < -0.4 is 5.32 Å².